The first-order valence-electron chi connectivity index (χ1n) is 8.50. The Kier molecular flexibility index (Phi) is 9.73. The minimum absolute atomic E-state index is 0. The normalized spacial score (nSPS) is 23.5. The van der Waals surface area contributed by atoms with Gasteiger partial charge in [0.15, 0.2) is 5.96 Å². The smallest absolute Gasteiger partial charge is 0.222 e. The highest BCUT2D eigenvalue weighted by molar-refractivity contribution is 14.0. The van der Waals surface area contributed by atoms with Crippen LogP contribution >= 0.6 is 35.7 Å². The molecule has 2 heterocycles. The van der Waals surface area contributed by atoms with Gasteiger partial charge >= 0.3 is 0 Å². The van der Waals surface area contributed by atoms with Crippen molar-refractivity contribution in [2.75, 3.05) is 46.2 Å². The zero-order valence-electron chi connectivity index (χ0n) is 15.0. The van der Waals surface area contributed by atoms with Gasteiger partial charge in [-0.05, 0) is 25.5 Å². The fraction of sp³-hybridized carbons (Fsp3) is 0.875. The number of hydrogen-bond donors (Lipinski definition) is 2. The number of rotatable bonds is 5. The molecule has 0 aliphatic carbocycles. The van der Waals surface area contributed by atoms with Crippen LogP contribution in [0, 0.1) is 0 Å². The van der Waals surface area contributed by atoms with Gasteiger partial charge in [-0.2, -0.15) is 11.8 Å². The van der Waals surface area contributed by atoms with Gasteiger partial charge in [-0.25, -0.2) is 0 Å². The van der Waals surface area contributed by atoms with Crippen molar-refractivity contribution < 1.29 is 9.53 Å². The molecule has 1 unspecified atom stereocenters. The van der Waals surface area contributed by atoms with Crippen LogP contribution in [0.3, 0.4) is 0 Å². The van der Waals surface area contributed by atoms with Gasteiger partial charge in [-0.3, -0.25) is 9.79 Å². The molecule has 2 saturated heterocycles. The van der Waals surface area contributed by atoms with Gasteiger partial charge in [0, 0.05) is 57.1 Å². The summed E-state index contributed by atoms with van der Waals surface area (Å²) in [5.74, 6) is 1.07. The second-order valence-corrected chi connectivity index (χ2v) is 7.52. The predicted octanol–water partition coefficient (Wildman–Crippen LogP) is 1.69. The number of aliphatic imine (C=N–C) groups is 1. The number of guanidine groups is 1. The van der Waals surface area contributed by atoms with Crippen molar-refractivity contribution in [2.24, 2.45) is 4.99 Å². The van der Waals surface area contributed by atoms with Gasteiger partial charge in [0.05, 0.1) is 0 Å². The van der Waals surface area contributed by atoms with E-state index in [1.54, 1.807) is 7.05 Å². The molecule has 0 radical (unpaired) electrons. The van der Waals surface area contributed by atoms with Crippen molar-refractivity contribution in [1.29, 1.82) is 0 Å². The summed E-state index contributed by atoms with van der Waals surface area (Å²) in [6.07, 6.45) is 5.88. The molecule has 0 aromatic heterocycles. The van der Waals surface area contributed by atoms with Crippen molar-refractivity contribution in [3.05, 3.63) is 0 Å². The molecule has 0 aromatic carbocycles. The topological polar surface area (TPSA) is 66.0 Å². The molecule has 2 N–H and O–H groups in total. The Balaban J connectivity index is 0.00000288. The Morgan fingerprint density at radius 2 is 2.12 bits per heavy atom. The first-order chi connectivity index (χ1) is 11.1. The van der Waals surface area contributed by atoms with Crippen molar-refractivity contribution in [3.63, 3.8) is 0 Å². The first kappa shape index (κ1) is 21.8. The standard InChI is InChI=1S/C16H30N4O2S.HI/c1-4-14(21)20-8-5-13(11-20)19-15(17-2)18-12-16(23-3)6-9-22-10-7-16;/h13H,4-12H2,1-3H3,(H2,17,18,19);1H. The van der Waals surface area contributed by atoms with E-state index in [1.807, 2.05) is 23.6 Å². The Labute approximate surface area is 166 Å². The molecule has 0 saturated carbocycles. The van der Waals surface area contributed by atoms with Crippen LogP contribution in [-0.4, -0.2) is 73.7 Å². The lowest BCUT2D eigenvalue weighted by Gasteiger charge is -2.36. The summed E-state index contributed by atoms with van der Waals surface area (Å²) in [5, 5.41) is 6.93. The molecule has 2 rings (SSSR count). The summed E-state index contributed by atoms with van der Waals surface area (Å²) in [5.41, 5.74) is 0. The summed E-state index contributed by atoms with van der Waals surface area (Å²) in [7, 11) is 1.80. The molecule has 2 aliphatic rings. The summed E-state index contributed by atoms with van der Waals surface area (Å²) in [6, 6.07) is 0.289. The Bertz CT molecular complexity index is 430. The Morgan fingerprint density at radius 3 is 2.71 bits per heavy atom. The number of amides is 1. The number of thioether (sulfide) groups is 1. The lowest BCUT2D eigenvalue weighted by atomic mass is 9.99. The highest BCUT2D eigenvalue weighted by Gasteiger charge is 2.32. The van der Waals surface area contributed by atoms with Gasteiger partial charge in [0.1, 0.15) is 0 Å². The van der Waals surface area contributed by atoms with E-state index in [0.717, 1.165) is 58.1 Å². The number of carbonyl (C=O) groups excluding carboxylic acids is 1. The van der Waals surface area contributed by atoms with Gasteiger partial charge in [0.2, 0.25) is 5.91 Å². The molecule has 2 fully saturated rings. The third kappa shape index (κ3) is 5.94. The van der Waals surface area contributed by atoms with E-state index in [1.165, 1.54) is 0 Å². The second-order valence-electron chi connectivity index (χ2n) is 6.25. The van der Waals surface area contributed by atoms with Crippen molar-refractivity contribution >= 4 is 47.6 Å². The van der Waals surface area contributed by atoms with Crippen LogP contribution in [0.5, 0.6) is 0 Å². The van der Waals surface area contributed by atoms with Gasteiger partial charge in [-0.15, -0.1) is 24.0 Å². The molecular weight excluding hydrogens is 439 g/mol. The maximum atomic E-state index is 11.8. The summed E-state index contributed by atoms with van der Waals surface area (Å²) in [4.78, 5) is 18.0. The van der Waals surface area contributed by atoms with E-state index in [4.69, 9.17) is 4.74 Å². The van der Waals surface area contributed by atoms with Gasteiger partial charge in [0.25, 0.3) is 0 Å². The fourth-order valence-electron chi connectivity index (χ4n) is 3.16. The predicted molar refractivity (Wildman–Crippen MR) is 111 cm³/mol. The molecule has 0 bridgehead atoms. The largest absolute Gasteiger partial charge is 0.381 e. The highest BCUT2D eigenvalue weighted by Crippen LogP contribution is 2.32. The van der Waals surface area contributed by atoms with E-state index in [-0.39, 0.29) is 40.7 Å². The summed E-state index contributed by atoms with van der Waals surface area (Å²) >= 11 is 1.92. The van der Waals surface area contributed by atoms with Gasteiger partial charge < -0.3 is 20.3 Å². The van der Waals surface area contributed by atoms with Crippen LogP contribution in [0.2, 0.25) is 0 Å². The molecule has 0 spiro atoms. The molecule has 1 atom stereocenters. The van der Waals surface area contributed by atoms with Crippen LogP contribution in [0.15, 0.2) is 4.99 Å². The molecule has 8 heteroatoms. The summed E-state index contributed by atoms with van der Waals surface area (Å²) in [6.45, 7) is 6.10. The molecule has 0 aromatic rings. The molecule has 6 nitrogen and oxygen atoms in total. The van der Waals surface area contributed by atoms with E-state index < -0.39 is 0 Å². The molecular formula is C16H31IN4O2S. The van der Waals surface area contributed by atoms with Crippen LogP contribution in [0.25, 0.3) is 0 Å². The van der Waals surface area contributed by atoms with Crippen molar-refractivity contribution in [2.45, 2.75) is 43.4 Å². The lowest BCUT2D eigenvalue weighted by molar-refractivity contribution is -0.129. The summed E-state index contributed by atoms with van der Waals surface area (Å²) < 4.78 is 5.72. The van der Waals surface area contributed by atoms with Gasteiger partial charge in [-0.1, -0.05) is 6.92 Å². The number of carbonyl (C=O) groups is 1. The molecule has 24 heavy (non-hydrogen) atoms. The first-order valence-corrected chi connectivity index (χ1v) is 9.73. The molecule has 1 amide bonds. The van der Waals surface area contributed by atoms with Crippen molar-refractivity contribution in [3.8, 4) is 0 Å². The monoisotopic (exact) mass is 470 g/mol. The SMILES string of the molecule is CCC(=O)N1CCC(NC(=NC)NCC2(SC)CCOCC2)C1.I. The highest BCUT2D eigenvalue weighted by atomic mass is 127. The number of nitrogens with zero attached hydrogens (tertiary/aromatic N) is 2. The molecule has 2 aliphatic heterocycles. The van der Waals surface area contributed by atoms with Crippen LogP contribution in [-0.2, 0) is 9.53 Å². The Morgan fingerprint density at radius 1 is 1.42 bits per heavy atom. The van der Waals surface area contributed by atoms with E-state index in [0.29, 0.717) is 6.42 Å². The zero-order valence-corrected chi connectivity index (χ0v) is 18.1. The molecule has 140 valence electrons. The van der Waals surface area contributed by atoms with E-state index in [9.17, 15) is 4.79 Å². The average Bonchev–Trinajstić information content (AvgIpc) is 3.07. The third-order valence-corrected chi connectivity index (χ3v) is 6.24. The number of hydrogen-bond acceptors (Lipinski definition) is 4. The fourth-order valence-corrected chi connectivity index (χ4v) is 3.95. The maximum absolute atomic E-state index is 11.8. The minimum Gasteiger partial charge on any atom is -0.381 e. The average molecular weight is 470 g/mol. The number of halogens is 1. The number of ether oxygens (including phenoxy) is 1. The Hall–Kier alpha value is -0.220. The number of likely N-dealkylation sites (tertiary alicyclic amines) is 1. The van der Waals surface area contributed by atoms with Crippen LogP contribution < -0.4 is 10.6 Å². The third-order valence-electron chi connectivity index (χ3n) is 4.82. The number of nitrogens with one attached hydrogen (secondary N) is 2. The van der Waals surface area contributed by atoms with Crippen LogP contribution in [0.4, 0.5) is 0 Å². The maximum Gasteiger partial charge on any atom is 0.222 e. The van der Waals surface area contributed by atoms with Crippen molar-refractivity contribution in [1.82, 2.24) is 15.5 Å². The minimum atomic E-state index is 0. The van der Waals surface area contributed by atoms with Crippen LogP contribution in [0.1, 0.15) is 32.6 Å². The zero-order chi connectivity index (χ0) is 16.7. The second kappa shape index (κ2) is 10.7. The quantitative estimate of drug-likeness (QED) is 0.364. The van der Waals surface area contributed by atoms with E-state index in [2.05, 4.69) is 21.9 Å². The van der Waals surface area contributed by atoms with E-state index >= 15 is 0 Å². The lowest BCUT2D eigenvalue weighted by Crippen LogP contribution is -2.50.